The molecular formula is C22H19N3O2. The normalized spacial score (nSPS) is 13.6. The van der Waals surface area contributed by atoms with Gasteiger partial charge in [0.1, 0.15) is 5.82 Å². The van der Waals surface area contributed by atoms with Crippen LogP contribution in [0.4, 0.5) is 5.82 Å². The van der Waals surface area contributed by atoms with E-state index in [1.165, 1.54) is 0 Å². The largest absolute Gasteiger partial charge is 0.307 e. The second kappa shape index (κ2) is 7.50. The minimum atomic E-state index is -0.229. The molecule has 0 atom stereocenters. The van der Waals surface area contributed by atoms with Gasteiger partial charge in [-0.1, -0.05) is 12.1 Å². The fourth-order valence-electron chi connectivity index (χ4n) is 3.29. The Labute approximate surface area is 157 Å². The van der Waals surface area contributed by atoms with E-state index in [0.717, 1.165) is 41.6 Å². The molecule has 27 heavy (non-hydrogen) atoms. The molecular weight excluding hydrogens is 338 g/mol. The number of carbonyl (C=O) groups is 2. The maximum atomic E-state index is 12.6. The summed E-state index contributed by atoms with van der Waals surface area (Å²) in [5.41, 5.74) is 3.97. The van der Waals surface area contributed by atoms with Crippen molar-refractivity contribution >= 4 is 17.5 Å². The first kappa shape index (κ1) is 17.1. The van der Waals surface area contributed by atoms with Gasteiger partial charge in [-0.05, 0) is 61.2 Å². The topological polar surface area (TPSA) is 72.0 Å². The highest BCUT2D eigenvalue weighted by Crippen LogP contribution is 2.22. The van der Waals surface area contributed by atoms with Crippen molar-refractivity contribution in [3.05, 3.63) is 77.6 Å². The Balaban J connectivity index is 1.51. The lowest BCUT2D eigenvalue weighted by atomic mass is 9.99. The van der Waals surface area contributed by atoms with Gasteiger partial charge in [0.15, 0.2) is 5.78 Å². The summed E-state index contributed by atoms with van der Waals surface area (Å²) in [5.74, 6) is 0.416. The lowest BCUT2D eigenvalue weighted by Gasteiger charge is -2.09. The van der Waals surface area contributed by atoms with Crippen molar-refractivity contribution in [1.82, 2.24) is 9.97 Å². The van der Waals surface area contributed by atoms with Crippen molar-refractivity contribution in [1.29, 1.82) is 0 Å². The zero-order chi connectivity index (χ0) is 18.6. The minimum absolute atomic E-state index is 0.168. The van der Waals surface area contributed by atoms with E-state index in [1.807, 2.05) is 30.3 Å². The summed E-state index contributed by atoms with van der Waals surface area (Å²) in [6.45, 7) is 0. The molecule has 0 spiro atoms. The number of nitrogens with one attached hydrogen (secondary N) is 1. The van der Waals surface area contributed by atoms with Gasteiger partial charge in [-0.3, -0.25) is 14.6 Å². The van der Waals surface area contributed by atoms with Crippen LogP contribution in [0.1, 0.15) is 45.5 Å². The maximum Gasteiger partial charge on any atom is 0.256 e. The predicted molar refractivity (Wildman–Crippen MR) is 104 cm³/mol. The predicted octanol–water partition coefficient (Wildman–Crippen LogP) is 4.31. The molecule has 0 aliphatic heterocycles. The molecule has 0 saturated carbocycles. The number of aryl methyl sites for hydroxylation is 1. The molecule has 0 bridgehead atoms. The Morgan fingerprint density at radius 2 is 1.85 bits per heavy atom. The standard InChI is InChI=1S/C22H19N3O2/c26-20-7-2-1-5-15-13-16(8-10-18(15)20)22(27)25-21-11-9-17(14-24-21)19-6-3-4-12-23-19/h3-4,6,8-14H,1-2,5,7H2,(H,24,25,27). The number of ketones is 1. The van der Waals surface area contributed by atoms with Crippen molar-refractivity contribution in [2.24, 2.45) is 0 Å². The number of nitrogens with zero attached hydrogens (tertiary/aromatic N) is 2. The molecule has 2 aromatic heterocycles. The molecule has 1 aliphatic rings. The van der Waals surface area contributed by atoms with E-state index < -0.39 is 0 Å². The quantitative estimate of drug-likeness (QED) is 0.709. The van der Waals surface area contributed by atoms with Gasteiger partial charge >= 0.3 is 0 Å². The van der Waals surface area contributed by atoms with Crippen LogP contribution < -0.4 is 5.32 Å². The van der Waals surface area contributed by atoms with E-state index in [0.29, 0.717) is 17.8 Å². The van der Waals surface area contributed by atoms with Crippen molar-refractivity contribution in [2.45, 2.75) is 25.7 Å². The molecule has 2 heterocycles. The van der Waals surface area contributed by atoms with Crippen LogP contribution in [0.15, 0.2) is 60.9 Å². The number of pyridine rings is 2. The van der Waals surface area contributed by atoms with Crippen LogP contribution in [-0.2, 0) is 6.42 Å². The fourth-order valence-corrected chi connectivity index (χ4v) is 3.29. The van der Waals surface area contributed by atoms with Crippen LogP contribution in [0.25, 0.3) is 11.3 Å². The number of fused-ring (bicyclic) bond motifs is 1. The molecule has 134 valence electrons. The SMILES string of the molecule is O=C(Nc1ccc(-c2ccccn2)cn1)c1ccc2c(c1)CCCCC2=O. The second-order valence-corrected chi connectivity index (χ2v) is 6.60. The highest BCUT2D eigenvalue weighted by molar-refractivity contribution is 6.05. The monoisotopic (exact) mass is 357 g/mol. The van der Waals surface area contributed by atoms with Gasteiger partial charge < -0.3 is 5.32 Å². The number of aromatic nitrogens is 2. The van der Waals surface area contributed by atoms with Crippen molar-refractivity contribution in [3.63, 3.8) is 0 Å². The van der Waals surface area contributed by atoms with Crippen LogP contribution >= 0.6 is 0 Å². The summed E-state index contributed by atoms with van der Waals surface area (Å²) < 4.78 is 0. The average molecular weight is 357 g/mol. The Hall–Kier alpha value is -3.34. The third kappa shape index (κ3) is 3.77. The number of rotatable bonds is 3. The molecule has 3 aromatic rings. The summed E-state index contributed by atoms with van der Waals surface area (Å²) in [6, 6.07) is 14.6. The van der Waals surface area contributed by atoms with Crippen LogP contribution in [-0.4, -0.2) is 21.7 Å². The Morgan fingerprint density at radius 1 is 0.963 bits per heavy atom. The van der Waals surface area contributed by atoms with E-state index in [2.05, 4.69) is 15.3 Å². The van der Waals surface area contributed by atoms with Gasteiger partial charge in [0.2, 0.25) is 0 Å². The first-order valence-corrected chi connectivity index (χ1v) is 9.06. The smallest absolute Gasteiger partial charge is 0.256 e. The number of hydrogen-bond acceptors (Lipinski definition) is 4. The van der Waals surface area contributed by atoms with Crippen LogP contribution in [0.5, 0.6) is 0 Å². The number of Topliss-reactive ketones (excluding diaryl/α,β-unsaturated/α-hetero) is 1. The van der Waals surface area contributed by atoms with Gasteiger partial charge in [0, 0.05) is 35.5 Å². The highest BCUT2D eigenvalue weighted by atomic mass is 16.1. The Kier molecular flexibility index (Phi) is 4.75. The first-order valence-electron chi connectivity index (χ1n) is 9.06. The molecule has 4 rings (SSSR count). The van der Waals surface area contributed by atoms with Crippen molar-refractivity contribution in [3.8, 4) is 11.3 Å². The maximum absolute atomic E-state index is 12.6. The van der Waals surface area contributed by atoms with Crippen LogP contribution in [0.2, 0.25) is 0 Å². The zero-order valence-electron chi connectivity index (χ0n) is 14.8. The summed E-state index contributed by atoms with van der Waals surface area (Å²) in [4.78, 5) is 33.3. The molecule has 1 N–H and O–H groups in total. The van der Waals surface area contributed by atoms with Crippen LogP contribution in [0.3, 0.4) is 0 Å². The molecule has 5 heteroatoms. The van der Waals surface area contributed by atoms with Gasteiger partial charge in [-0.2, -0.15) is 0 Å². The van der Waals surface area contributed by atoms with Crippen molar-refractivity contribution in [2.75, 3.05) is 5.32 Å². The third-order valence-electron chi connectivity index (χ3n) is 4.73. The summed E-state index contributed by atoms with van der Waals surface area (Å²) in [6.07, 6.45) is 6.72. The van der Waals surface area contributed by atoms with Crippen molar-refractivity contribution < 1.29 is 9.59 Å². The fraction of sp³-hybridized carbons (Fsp3) is 0.182. The molecule has 0 saturated heterocycles. The minimum Gasteiger partial charge on any atom is -0.307 e. The lowest BCUT2D eigenvalue weighted by molar-refractivity contribution is 0.0979. The van der Waals surface area contributed by atoms with E-state index >= 15 is 0 Å². The van der Waals surface area contributed by atoms with Gasteiger partial charge in [0.05, 0.1) is 5.69 Å². The van der Waals surface area contributed by atoms with E-state index in [9.17, 15) is 9.59 Å². The zero-order valence-corrected chi connectivity index (χ0v) is 14.8. The number of anilines is 1. The first-order chi connectivity index (χ1) is 13.2. The second-order valence-electron chi connectivity index (χ2n) is 6.60. The summed E-state index contributed by atoms with van der Waals surface area (Å²) in [7, 11) is 0. The number of amides is 1. The molecule has 5 nitrogen and oxygen atoms in total. The molecule has 1 amide bonds. The lowest BCUT2D eigenvalue weighted by Crippen LogP contribution is -2.14. The van der Waals surface area contributed by atoms with E-state index in [4.69, 9.17) is 0 Å². The summed E-state index contributed by atoms with van der Waals surface area (Å²) in [5, 5.41) is 2.82. The molecule has 0 unspecified atom stereocenters. The number of benzene rings is 1. The summed E-state index contributed by atoms with van der Waals surface area (Å²) >= 11 is 0. The van der Waals surface area contributed by atoms with Crippen LogP contribution in [0, 0.1) is 0 Å². The van der Waals surface area contributed by atoms with Gasteiger partial charge in [0.25, 0.3) is 5.91 Å². The third-order valence-corrected chi connectivity index (χ3v) is 4.73. The van der Waals surface area contributed by atoms with E-state index in [-0.39, 0.29) is 11.7 Å². The highest BCUT2D eigenvalue weighted by Gasteiger charge is 2.17. The average Bonchev–Trinajstić information content (AvgIpc) is 2.90. The van der Waals surface area contributed by atoms with E-state index in [1.54, 1.807) is 30.6 Å². The number of hydrogen-bond donors (Lipinski definition) is 1. The number of carbonyl (C=O) groups excluding carboxylic acids is 2. The van der Waals surface area contributed by atoms with Gasteiger partial charge in [-0.15, -0.1) is 0 Å². The molecule has 1 aromatic carbocycles. The van der Waals surface area contributed by atoms with Gasteiger partial charge in [-0.25, -0.2) is 4.98 Å². The Bertz CT molecular complexity index is 982. The molecule has 0 fully saturated rings. The molecule has 0 radical (unpaired) electrons. The molecule has 1 aliphatic carbocycles. The Morgan fingerprint density at radius 3 is 2.63 bits per heavy atom.